The monoisotopic (exact) mass is 301 g/mol. The lowest BCUT2D eigenvalue weighted by atomic mass is 9.88. The van der Waals surface area contributed by atoms with E-state index in [2.05, 4.69) is 0 Å². The smallest absolute Gasteiger partial charge is 0.158 e. The molecule has 0 saturated heterocycles. The van der Waals surface area contributed by atoms with Crippen LogP contribution in [-0.4, -0.2) is 19.7 Å². The fourth-order valence-electron chi connectivity index (χ4n) is 2.69. The molecule has 106 valence electrons. The van der Waals surface area contributed by atoms with Crippen molar-refractivity contribution in [3.05, 3.63) is 34.9 Å². The van der Waals surface area contributed by atoms with Gasteiger partial charge in [0.25, 0.3) is 0 Å². The average Bonchev–Trinajstić information content (AvgIpc) is 2.58. The number of benzene rings is 1. The molecule has 1 fully saturated rings. The van der Waals surface area contributed by atoms with E-state index in [1.54, 1.807) is 24.3 Å². The minimum atomic E-state index is -3.21. The second-order valence-electron chi connectivity index (χ2n) is 6.03. The zero-order valence-corrected chi connectivity index (χ0v) is 12.8. The summed E-state index contributed by atoms with van der Waals surface area (Å²) in [5, 5.41) is 0.179. The van der Waals surface area contributed by atoms with Crippen LogP contribution in [0.5, 0.6) is 0 Å². The van der Waals surface area contributed by atoms with Gasteiger partial charge in [-0.05, 0) is 36.0 Å². The van der Waals surface area contributed by atoms with Crippen molar-refractivity contribution in [3.8, 4) is 0 Å². The lowest BCUT2D eigenvalue weighted by Gasteiger charge is -2.26. The van der Waals surface area contributed by atoms with Crippen molar-refractivity contribution in [2.24, 2.45) is 11.1 Å². The summed E-state index contributed by atoms with van der Waals surface area (Å²) in [7, 11) is -3.21. The molecule has 0 aromatic heterocycles. The summed E-state index contributed by atoms with van der Waals surface area (Å²) in [4.78, 5) is 0. The Bertz CT molecular complexity index is 551. The van der Waals surface area contributed by atoms with Crippen LogP contribution >= 0.6 is 11.6 Å². The lowest BCUT2D eigenvalue weighted by molar-refractivity contribution is 0.332. The highest BCUT2D eigenvalue weighted by molar-refractivity contribution is 7.91. The van der Waals surface area contributed by atoms with Gasteiger partial charge >= 0.3 is 0 Å². The summed E-state index contributed by atoms with van der Waals surface area (Å²) >= 11 is 5.80. The third-order valence-corrected chi connectivity index (χ3v) is 6.56. The lowest BCUT2D eigenvalue weighted by Crippen LogP contribution is -2.43. The van der Waals surface area contributed by atoms with Gasteiger partial charge in [-0.15, -0.1) is 0 Å². The molecule has 0 bridgehead atoms. The molecule has 1 saturated carbocycles. The van der Waals surface area contributed by atoms with Crippen molar-refractivity contribution in [2.75, 3.05) is 0 Å². The van der Waals surface area contributed by atoms with Crippen molar-refractivity contribution in [2.45, 2.75) is 43.7 Å². The molecule has 2 rings (SSSR count). The first-order chi connectivity index (χ1) is 8.72. The van der Waals surface area contributed by atoms with E-state index in [9.17, 15) is 8.42 Å². The van der Waals surface area contributed by atoms with Gasteiger partial charge in [0.05, 0.1) is 11.0 Å². The predicted molar refractivity (Wildman–Crippen MR) is 78.9 cm³/mol. The molecule has 2 N–H and O–H groups in total. The van der Waals surface area contributed by atoms with Crippen LogP contribution in [0.1, 0.15) is 32.3 Å². The minimum absolute atomic E-state index is 0.0403. The molecule has 19 heavy (non-hydrogen) atoms. The van der Waals surface area contributed by atoms with Gasteiger partial charge < -0.3 is 5.73 Å². The molecule has 3 nitrogen and oxygen atoms in total. The summed E-state index contributed by atoms with van der Waals surface area (Å²) in [5.74, 6) is 0.0403. The number of rotatable bonds is 3. The molecule has 0 spiro atoms. The van der Waals surface area contributed by atoms with Gasteiger partial charge in [-0.25, -0.2) is 8.42 Å². The third kappa shape index (κ3) is 3.12. The molecule has 1 aromatic rings. The third-order valence-electron chi connectivity index (χ3n) is 4.12. The van der Waals surface area contributed by atoms with E-state index in [-0.39, 0.29) is 17.2 Å². The number of halogens is 1. The molecule has 0 aliphatic heterocycles. The van der Waals surface area contributed by atoms with Crippen LogP contribution < -0.4 is 5.73 Å². The van der Waals surface area contributed by atoms with E-state index in [1.807, 2.05) is 13.8 Å². The van der Waals surface area contributed by atoms with Crippen molar-refractivity contribution in [3.63, 3.8) is 0 Å². The van der Waals surface area contributed by atoms with Crippen molar-refractivity contribution in [1.29, 1.82) is 0 Å². The predicted octanol–water partition coefficient (Wildman–Crippen LogP) is 2.77. The van der Waals surface area contributed by atoms with Crippen LogP contribution in [0.4, 0.5) is 0 Å². The van der Waals surface area contributed by atoms with Gasteiger partial charge in [0.1, 0.15) is 0 Å². The van der Waals surface area contributed by atoms with E-state index in [0.717, 1.165) is 12.0 Å². The number of sulfone groups is 1. The molecule has 5 heteroatoms. The maximum Gasteiger partial charge on any atom is 0.158 e. The highest BCUT2D eigenvalue weighted by Gasteiger charge is 2.45. The van der Waals surface area contributed by atoms with Crippen molar-refractivity contribution < 1.29 is 8.42 Å². The van der Waals surface area contributed by atoms with E-state index in [0.29, 0.717) is 11.4 Å². The molecule has 2 atom stereocenters. The number of hydrogen-bond donors (Lipinski definition) is 1. The van der Waals surface area contributed by atoms with Crippen LogP contribution in [0.2, 0.25) is 5.02 Å². The minimum Gasteiger partial charge on any atom is -0.326 e. The van der Waals surface area contributed by atoms with Crippen LogP contribution in [0, 0.1) is 5.41 Å². The average molecular weight is 302 g/mol. The van der Waals surface area contributed by atoms with Crippen LogP contribution in [-0.2, 0) is 15.6 Å². The summed E-state index contributed by atoms with van der Waals surface area (Å²) in [6, 6.07) is 6.65. The van der Waals surface area contributed by atoms with Crippen LogP contribution in [0.15, 0.2) is 24.3 Å². The number of hydrogen-bond acceptors (Lipinski definition) is 3. The van der Waals surface area contributed by atoms with E-state index < -0.39 is 15.1 Å². The fourth-order valence-corrected chi connectivity index (χ4v) is 4.98. The molecule has 1 aliphatic rings. The second-order valence-corrected chi connectivity index (χ2v) is 8.68. The first-order valence-electron chi connectivity index (χ1n) is 6.44. The first-order valence-corrected chi connectivity index (χ1v) is 8.53. The highest BCUT2D eigenvalue weighted by atomic mass is 35.5. The molecule has 0 radical (unpaired) electrons. The van der Waals surface area contributed by atoms with E-state index in [4.69, 9.17) is 17.3 Å². The van der Waals surface area contributed by atoms with E-state index in [1.165, 1.54) is 0 Å². The number of nitrogens with two attached hydrogens (primary N) is 1. The summed E-state index contributed by atoms with van der Waals surface area (Å²) < 4.78 is 24.9. The highest BCUT2D eigenvalue weighted by Crippen LogP contribution is 2.40. The van der Waals surface area contributed by atoms with Gasteiger partial charge in [0.15, 0.2) is 9.84 Å². The molecule has 1 aromatic carbocycles. The Morgan fingerprint density at radius 1 is 1.32 bits per heavy atom. The Hall–Kier alpha value is -0.580. The molecular weight excluding hydrogens is 282 g/mol. The van der Waals surface area contributed by atoms with E-state index >= 15 is 0 Å². The Balaban J connectivity index is 2.18. The molecular formula is C14H20ClNO2S. The first kappa shape index (κ1) is 14.8. The SMILES string of the molecule is CC1(C)CCC(S(=O)(=O)Cc2ccc(Cl)cc2)C1N. The Morgan fingerprint density at radius 2 is 1.89 bits per heavy atom. The second kappa shape index (κ2) is 5.08. The quantitative estimate of drug-likeness (QED) is 0.934. The van der Waals surface area contributed by atoms with Gasteiger partial charge in [-0.1, -0.05) is 37.6 Å². The fraction of sp³-hybridized carbons (Fsp3) is 0.571. The normalized spacial score (nSPS) is 26.5. The zero-order valence-electron chi connectivity index (χ0n) is 11.3. The van der Waals surface area contributed by atoms with Crippen molar-refractivity contribution >= 4 is 21.4 Å². The summed E-state index contributed by atoms with van der Waals surface area (Å²) in [6.07, 6.45) is 1.52. The van der Waals surface area contributed by atoms with Gasteiger partial charge in [-0.2, -0.15) is 0 Å². The molecule has 0 amide bonds. The Morgan fingerprint density at radius 3 is 2.37 bits per heavy atom. The molecule has 0 heterocycles. The summed E-state index contributed by atoms with van der Waals surface area (Å²) in [6.45, 7) is 4.07. The van der Waals surface area contributed by atoms with Gasteiger partial charge in [0, 0.05) is 11.1 Å². The van der Waals surface area contributed by atoms with Gasteiger partial charge in [0.2, 0.25) is 0 Å². The van der Waals surface area contributed by atoms with Crippen LogP contribution in [0.25, 0.3) is 0 Å². The summed E-state index contributed by atoms with van der Waals surface area (Å²) in [5.41, 5.74) is 6.79. The van der Waals surface area contributed by atoms with Gasteiger partial charge in [-0.3, -0.25) is 0 Å². The maximum atomic E-state index is 12.5. The maximum absolute atomic E-state index is 12.5. The topological polar surface area (TPSA) is 60.2 Å². The zero-order chi connectivity index (χ0) is 14.3. The standard InChI is InChI=1S/C14H20ClNO2S/c1-14(2)8-7-12(13(14)16)19(17,18)9-10-3-5-11(15)6-4-10/h3-6,12-13H,7-9,16H2,1-2H3. The van der Waals surface area contributed by atoms with Crippen LogP contribution in [0.3, 0.4) is 0 Å². The van der Waals surface area contributed by atoms with Crippen molar-refractivity contribution in [1.82, 2.24) is 0 Å². The largest absolute Gasteiger partial charge is 0.326 e. The molecule has 1 aliphatic carbocycles. The molecule has 2 unspecified atom stereocenters. The Kier molecular flexibility index (Phi) is 3.96. The Labute approximate surface area is 120 Å².